The highest BCUT2D eigenvalue weighted by molar-refractivity contribution is 6.32. The molecule has 5 aromatic rings. The molecule has 0 atom stereocenters. The van der Waals surface area contributed by atoms with Gasteiger partial charge in [-0.05, 0) is 55.0 Å². The highest BCUT2D eigenvalue weighted by Crippen LogP contribution is 2.37. The maximum absolute atomic E-state index is 6.46. The number of rotatable bonds is 3. The number of benzene rings is 3. The highest BCUT2D eigenvalue weighted by Gasteiger charge is 2.13. The summed E-state index contributed by atoms with van der Waals surface area (Å²) in [6.45, 7) is 2.01. The van der Waals surface area contributed by atoms with Crippen LogP contribution in [-0.2, 0) is 0 Å². The fourth-order valence-electron chi connectivity index (χ4n) is 3.58. The minimum Gasteiger partial charge on any atom is -0.457 e. The van der Waals surface area contributed by atoms with Gasteiger partial charge < -0.3 is 9.72 Å². The van der Waals surface area contributed by atoms with Crippen LogP contribution >= 0.6 is 24.0 Å². The maximum Gasteiger partial charge on any atom is 0.127 e. The molecule has 0 fully saturated rings. The SMILES string of the molecule is Cc1nccc2c1[nH]c1c(-c3ccc(Oc4ccccc4)cc3)cc(Cl)cc12.Cl. The van der Waals surface area contributed by atoms with Crippen LogP contribution in [0.1, 0.15) is 5.69 Å². The van der Waals surface area contributed by atoms with Gasteiger partial charge in [0.1, 0.15) is 11.5 Å². The molecule has 1 N–H and O–H groups in total. The zero-order chi connectivity index (χ0) is 19.1. The number of pyridine rings is 1. The largest absolute Gasteiger partial charge is 0.457 e. The van der Waals surface area contributed by atoms with Gasteiger partial charge in [-0.15, -0.1) is 12.4 Å². The maximum atomic E-state index is 6.46. The molecule has 0 radical (unpaired) electrons. The molecule has 0 aliphatic heterocycles. The number of ether oxygens (including phenoxy) is 1. The van der Waals surface area contributed by atoms with Gasteiger partial charge in [0.2, 0.25) is 0 Å². The summed E-state index contributed by atoms with van der Waals surface area (Å²) in [6.07, 6.45) is 1.83. The molecule has 0 amide bonds. The number of H-pyrrole nitrogens is 1. The Morgan fingerprint density at radius 3 is 2.31 bits per heavy atom. The second-order valence-corrected chi connectivity index (χ2v) is 7.20. The van der Waals surface area contributed by atoms with Crippen LogP contribution in [0.4, 0.5) is 0 Å². The Morgan fingerprint density at radius 1 is 0.828 bits per heavy atom. The van der Waals surface area contributed by atoms with E-state index in [2.05, 4.69) is 22.1 Å². The van der Waals surface area contributed by atoms with Gasteiger partial charge in [-0.25, -0.2) is 0 Å². The van der Waals surface area contributed by atoms with Crippen molar-refractivity contribution in [1.29, 1.82) is 0 Å². The number of fused-ring (bicyclic) bond motifs is 3. The van der Waals surface area contributed by atoms with Gasteiger partial charge in [-0.2, -0.15) is 0 Å². The second kappa shape index (κ2) is 7.78. The lowest BCUT2D eigenvalue weighted by Crippen LogP contribution is -1.85. The summed E-state index contributed by atoms with van der Waals surface area (Å²) in [4.78, 5) is 7.94. The van der Waals surface area contributed by atoms with Crippen molar-refractivity contribution in [3.8, 4) is 22.6 Å². The number of hydrogen-bond donors (Lipinski definition) is 1. The first-order chi connectivity index (χ1) is 13.7. The van der Waals surface area contributed by atoms with Crippen LogP contribution in [0.15, 0.2) is 79.0 Å². The number of hydrogen-bond acceptors (Lipinski definition) is 2. The molecule has 0 saturated carbocycles. The van der Waals surface area contributed by atoms with Crippen LogP contribution < -0.4 is 4.74 Å². The topological polar surface area (TPSA) is 37.9 Å². The lowest BCUT2D eigenvalue weighted by molar-refractivity contribution is 0.483. The fourth-order valence-corrected chi connectivity index (χ4v) is 3.80. The van der Waals surface area contributed by atoms with Gasteiger partial charge in [-0.1, -0.05) is 41.9 Å². The molecule has 0 saturated heterocycles. The lowest BCUT2D eigenvalue weighted by Gasteiger charge is -2.08. The van der Waals surface area contributed by atoms with Crippen molar-refractivity contribution in [2.45, 2.75) is 6.92 Å². The number of aromatic nitrogens is 2. The molecule has 0 aliphatic carbocycles. The van der Waals surface area contributed by atoms with Gasteiger partial charge in [-0.3, -0.25) is 4.98 Å². The van der Waals surface area contributed by atoms with Crippen molar-refractivity contribution in [2.24, 2.45) is 0 Å². The number of nitrogens with zero attached hydrogens (tertiary/aromatic N) is 1. The molecular weight excluding hydrogens is 403 g/mol. The van der Waals surface area contributed by atoms with Crippen LogP contribution in [-0.4, -0.2) is 9.97 Å². The Hall–Kier alpha value is -3.01. The normalized spacial score (nSPS) is 10.8. The third kappa shape index (κ3) is 3.55. The van der Waals surface area contributed by atoms with E-state index < -0.39 is 0 Å². The van der Waals surface area contributed by atoms with Crippen LogP contribution in [0.25, 0.3) is 32.9 Å². The molecule has 3 nitrogen and oxygen atoms in total. The summed E-state index contributed by atoms with van der Waals surface area (Å²) in [6, 6.07) is 23.9. The van der Waals surface area contributed by atoms with Crippen LogP contribution in [0.5, 0.6) is 11.5 Å². The number of aryl methyl sites for hydroxylation is 1. The third-order valence-corrected chi connectivity index (χ3v) is 5.15. The summed E-state index contributed by atoms with van der Waals surface area (Å²) in [5.41, 5.74) is 5.22. The third-order valence-electron chi connectivity index (χ3n) is 4.93. The van der Waals surface area contributed by atoms with Gasteiger partial charge in [0.25, 0.3) is 0 Å². The zero-order valence-electron chi connectivity index (χ0n) is 15.6. The summed E-state index contributed by atoms with van der Waals surface area (Å²) < 4.78 is 5.90. The van der Waals surface area contributed by atoms with E-state index >= 15 is 0 Å². The number of para-hydroxylation sites is 1. The monoisotopic (exact) mass is 420 g/mol. The van der Waals surface area contributed by atoms with Crippen molar-refractivity contribution in [2.75, 3.05) is 0 Å². The van der Waals surface area contributed by atoms with Crippen molar-refractivity contribution in [3.05, 3.63) is 89.7 Å². The Kier molecular flexibility index (Phi) is 5.18. The Balaban J connectivity index is 0.00000205. The van der Waals surface area contributed by atoms with E-state index in [0.717, 1.165) is 50.1 Å². The average molecular weight is 421 g/mol. The predicted octanol–water partition coefficient (Wildman–Crippen LogP) is 7.56. The first-order valence-corrected chi connectivity index (χ1v) is 9.47. The minimum atomic E-state index is 0. The van der Waals surface area contributed by atoms with Crippen molar-refractivity contribution >= 4 is 45.8 Å². The van der Waals surface area contributed by atoms with Crippen LogP contribution in [0.3, 0.4) is 0 Å². The minimum absolute atomic E-state index is 0. The molecule has 0 bridgehead atoms. The smallest absolute Gasteiger partial charge is 0.127 e. The standard InChI is InChI=1S/C24H17ClN2O.ClH/c1-15-23-20(11-12-26-15)22-14-17(25)13-21(24(22)27-23)16-7-9-19(10-8-16)28-18-5-3-2-4-6-18;/h2-14,27H,1H3;1H. The quantitative estimate of drug-likeness (QED) is 0.326. The van der Waals surface area contributed by atoms with E-state index in [0.29, 0.717) is 5.02 Å². The van der Waals surface area contributed by atoms with E-state index in [4.69, 9.17) is 16.3 Å². The first-order valence-electron chi connectivity index (χ1n) is 9.09. The Morgan fingerprint density at radius 2 is 1.55 bits per heavy atom. The van der Waals surface area contributed by atoms with Gasteiger partial charge in [0.15, 0.2) is 0 Å². The average Bonchev–Trinajstić information content (AvgIpc) is 3.09. The molecule has 29 heavy (non-hydrogen) atoms. The first kappa shape index (κ1) is 19.3. The highest BCUT2D eigenvalue weighted by atomic mass is 35.5. The van der Waals surface area contributed by atoms with Gasteiger partial charge >= 0.3 is 0 Å². The Labute approximate surface area is 179 Å². The summed E-state index contributed by atoms with van der Waals surface area (Å²) in [5.74, 6) is 1.61. The second-order valence-electron chi connectivity index (χ2n) is 6.76. The molecule has 2 heterocycles. The molecule has 144 valence electrons. The fraction of sp³-hybridized carbons (Fsp3) is 0.0417. The molecule has 5 heteroatoms. The molecule has 0 spiro atoms. The van der Waals surface area contributed by atoms with Crippen LogP contribution in [0.2, 0.25) is 5.02 Å². The molecule has 0 aliphatic rings. The Bertz CT molecular complexity index is 1300. The van der Waals surface area contributed by atoms with E-state index in [1.54, 1.807) is 0 Å². The molecule has 2 aromatic heterocycles. The van der Waals surface area contributed by atoms with Gasteiger partial charge in [0, 0.05) is 27.6 Å². The summed E-state index contributed by atoms with van der Waals surface area (Å²) >= 11 is 6.46. The van der Waals surface area contributed by atoms with E-state index in [1.165, 1.54) is 0 Å². The van der Waals surface area contributed by atoms with Crippen molar-refractivity contribution in [3.63, 3.8) is 0 Å². The molecule has 3 aromatic carbocycles. The molecule has 5 rings (SSSR count). The van der Waals surface area contributed by atoms with Gasteiger partial charge in [0.05, 0.1) is 16.7 Å². The lowest BCUT2D eigenvalue weighted by atomic mass is 10.0. The van der Waals surface area contributed by atoms with E-state index in [1.807, 2.05) is 73.8 Å². The van der Waals surface area contributed by atoms with E-state index in [-0.39, 0.29) is 12.4 Å². The summed E-state index contributed by atoms with van der Waals surface area (Å²) in [7, 11) is 0. The van der Waals surface area contributed by atoms with Crippen molar-refractivity contribution < 1.29 is 4.74 Å². The van der Waals surface area contributed by atoms with Crippen LogP contribution in [0, 0.1) is 6.92 Å². The number of halogens is 2. The summed E-state index contributed by atoms with van der Waals surface area (Å²) in [5, 5.41) is 2.95. The molecular formula is C24H18Cl2N2O. The number of nitrogens with one attached hydrogen (secondary N) is 1. The zero-order valence-corrected chi connectivity index (χ0v) is 17.2. The van der Waals surface area contributed by atoms with E-state index in [9.17, 15) is 0 Å². The van der Waals surface area contributed by atoms with Crippen molar-refractivity contribution in [1.82, 2.24) is 9.97 Å². The number of aromatic amines is 1. The molecule has 0 unspecified atom stereocenters. The predicted molar refractivity (Wildman–Crippen MR) is 123 cm³/mol.